The minimum absolute atomic E-state index is 0.268. The van der Waals surface area contributed by atoms with Gasteiger partial charge in [0.2, 0.25) is 12.2 Å². The first kappa shape index (κ1) is 14.0. The van der Waals surface area contributed by atoms with Gasteiger partial charge in [-0.3, -0.25) is 4.79 Å². The number of hydrogen-bond donors (Lipinski definition) is 1. The van der Waals surface area contributed by atoms with Crippen molar-refractivity contribution in [2.75, 3.05) is 7.05 Å². The second-order valence-electron chi connectivity index (χ2n) is 4.98. The molecule has 0 saturated heterocycles. The van der Waals surface area contributed by atoms with Crippen molar-refractivity contribution in [1.29, 1.82) is 0 Å². The lowest BCUT2D eigenvalue weighted by Gasteiger charge is -2.11. The van der Waals surface area contributed by atoms with Gasteiger partial charge in [0.15, 0.2) is 6.61 Å². The highest BCUT2D eigenvalue weighted by Crippen LogP contribution is 2.23. The van der Waals surface area contributed by atoms with Gasteiger partial charge < -0.3 is 9.64 Å². The summed E-state index contributed by atoms with van der Waals surface area (Å²) in [5, 5.41) is 15.7. The van der Waals surface area contributed by atoms with Crippen molar-refractivity contribution in [3.63, 3.8) is 0 Å². The molecule has 0 aliphatic heterocycles. The first-order chi connectivity index (χ1) is 10.7. The maximum Gasteiger partial charge on any atom is 0.211 e. The zero-order valence-corrected chi connectivity index (χ0v) is 12.1. The summed E-state index contributed by atoms with van der Waals surface area (Å²) in [5.41, 5.74) is 1.09. The zero-order chi connectivity index (χ0) is 15.4. The third-order valence-corrected chi connectivity index (χ3v) is 3.25. The van der Waals surface area contributed by atoms with E-state index < -0.39 is 0 Å². The van der Waals surface area contributed by atoms with Gasteiger partial charge in [-0.2, -0.15) is 5.21 Å². The predicted molar refractivity (Wildman–Crippen MR) is 80.0 cm³/mol. The summed E-state index contributed by atoms with van der Waals surface area (Å²) in [7, 11) is 1.76. The lowest BCUT2D eigenvalue weighted by Crippen LogP contribution is -2.14. The van der Waals surface area contributed by atoms with Gasteiger partial charge in [-0.25, -0.2) is 0 Å². The van der Waals surface area contributed by atoms with Crippen LogP contribution in [0.15, 0.2) is 36.4 Å². The molecule has 0 saturated carbocycles. The van der Waals surface area contributed by atoms with E-state index in [0.29, 0.717) is 12.4 Å². The van der Waals surface area contributed by atoms with E-state index in [4.69, 9.17) is 4.74 Å². The van der Waals surface area contributed by atoms with Crippen LogP contribution < -0.4 is 4.74 Å². The summed E-state index contributed by atoms with van der Waals surface area (Å²) in [6.45, 7) is 0.861. The van der Waals surface area contributed by atoms with Crippen molar-refractivity contribution < 1.29 is 9.53 Å². The molecule has 7 heteroatoms. The van der Waals surface area contributed by atoms with Crippen LogP contribution in [-0.2, 0) is 17.9 Å². The van der Waals surface area contributed by atoms with E-state index in [1.165, 1.54) is 0 Å². The number of aromatic amines is 1. The molecule has 2 aromatic carbocycles. The number of benzene rings is 2. The van der Waals surface area contributed by atoms with E-state index in [0.717, 1.165) is 28.5 Å². The van der Waals surface area contributed by atoms with Gasteiger partial charge in [0.05, 0.1) is 0 Å². The van der Waals surface area contributed by atoms with E-state index in [1.54, 1.807) is 11.9 Å². The Kier molecular flexibility index (Phi) is 3.95. The molecule has 3 aromatic rings. The largest absolute Gasteiger partial charge is 0.485 e. The fourth-order valence-corrected chi connectivity index (χ4v) is 2.18. The summed E-state index contributed by atoms with van der Waals surface area (Å²) in [4.78, 5) is 12.3. The molecule has 1 N–H and O–H groups in total. The van der Waals surface area contributed by atoms with Gasteiger partial charge in [0, 0.05) is 13.6 Å². The number of rotatable bonds is 6. The van der Waals surface area contributed by atoms with Gasteiger partial charge in [-0.1, -0.05) is 23.4 Å². The molecule has 0 radical (unpaired) electrons. The lowest BCUT2D eigenvalue weighted by atomic mass is 10.1. The molecule has 7 nitrogen and oxygen atoms in total. The van der Waals surface area contributed by atoms with E-state index in [-0.39, 0.29) is 6.61 Å². The van der Waals surface area contributed by atoms with Crippen molar-refractivity contribution >= 4 is 17.2 Å². The maximum absolute atomic E-state index is 10.7. The second-order valence-corrected chi connectivity index (χ2v) is 4.98. The van der Waals surface area contributed by atoms with Gasteiger partial charge in [0.25, 0.3) is 0 Å². The lowest BCUT2D eigenvalue weighted by molar-refractivity contribution is -0.117. The standard InChI is InChI=1S/C15H15N5O2/c1-20(10-21)8-11-2-3-13-7-14(5-4-12(13)6-11)22-9-15-16-18-19-17-15/h2-7,10H,8-9H2,1H3,(H,16,17,18,19). The number of fused-ring (bicyclic) bond motifs is 1. The highest BCUT2D eigenvalue weighted by Gasteiger charge is 2.03. The molecule has 0 unspecified atom stereocenters. The normalized spacial score (nSPS) is 10.6. The second kappa shape index (κ2) is 6.21. The summed E-state index contributed by atoms with van der Waals surface area (Å²) in [6, 6.07) is 11.9. The van der Waals surface area contributed by atoms with Gasteiger partial charge in [-0.15, -0.1) is 10.2 Å². The smallest absolute Gasteiger partial charge is 0.211 e. The number of nitrogens with one attached hydrogen (secondary N) is 1. The minimum atomic E-state index is 0.268. The molecular weight excluding hydrogens is 282 g/mol. The topological polar surface area (TPSA) is 84.0 Å². The minimum Gasteiger partial charge on any atom is -0.485 e. The monoisotopic (exact) mass is 297 g/mol. The predicted octanol–water partition coefficient (Wildman–Crippen LogP) is 1.52. The number of H-pyrrole nitrogens is 1. The zero-order valence-electron chi connectivity index (χ0n) is 12.1. The maximum atomic E-state index is 10.7. The average molecular weight is 297 g/mol. The summed E-state index contributed by atoms with van der Waals surface area (Å²) < 4.78 is 5.63. The average Bonchev–Trinajstić information content (AvgIpc) is 3.06. The highest BCUT2D eigenvalue weighted by molar-refractivity contribution is 5.84. The Labute approximate surface area is 126 Å². The molecule has 0 aliphatic carbocycles. The number of nitrogens with zero attached hydrogens (tertiary/aromatic N) is 4. The fourth-order valence-electron chi connectivity index (χ4n) is 2.18. The van der Waals surface area contributed by atoms with Gasteiger partial charge in [-0.05, 0) is 34.5 Å². The Bertz CT molecular complexity index is 773. The van der Waals surface area contributed by atoms with Crippen molar-refractivity contribution in [2.24, 2.45) is 0 Å². The molecule has 0 fully saturated rings. The van der Waals surface area contributed by atoms with Crippen LogP contribution in [0.5, 0.6) is 5.75 Å². The van der Waals surface area contributed by atoms with E-state index >= 15 is 0 Å². The first-order valence-corrected chi connectivity index (χ1v) is 6.78. The fraction of sp³-hybridized carbons (Fsp3) is 0.200. The Morgan fingerprint density at radius 2 is 2.05 bits per heavy atom. The molecular formula is C15H15N5O2. The molecule has 0 aliphatic rings. The molecule has 0 bridgehead atoms. The van der Waals surface area contributed by atoms with Crippen molar-refractivity contribution in [3.8, 4) is 5.75 Å². The molecule has 1 aromatic heterocycles. The summed E-state index contributed by atoms with van der Waals surface area (Å²) in [5.74, 6) is 1.25. The van der Waals surface area contributed by atoms with Crippen LogP contribution in [0.1, 0.15) is 11.4 Å². The van der Waals surface area contributed by atoms with Gasteiger partial charge >= 0.3 is 0 Å². The van der Waals surface area contributed by atoms with Crippen LogP contribution in [0.4, 0.5) is 0 Å². The van der Waals surface area contributed by atoms with Crippen LogP contribution in [0, 0.1) is 0 Å². The number of carbonyl (C=O) groups excluding carboxylic acids is 1. The Morgan fingerprint density at radius 1 is 1.23 bits per heavy atom. The van der Waals surface area contributed by atoms with Crippen LogP contribution in [0.25, 0.3) is 10.8 Å². The number of amides is 1. The molecule has 0 spiro atoms. The molecule has 112 valence electrons. The number of carbonyl (C=O) groups is 1. The molecule has 1 heterocycles. The van der Waals surface area contributed by atoms with Crippen LogP contribution >= 0.6 is 0 Å². The third-order valence-electron chi connectivity index (χ3n) is 3.25. The molecule has 0 atom stereocenters. The Hall–Kier alpha value is -2.96. The van der Waals surface area contributed by atoms with E-state index in [9.17, 15) is 4.79 Å². The van der Waals surface area contributed by atoms with Crippen LogP contribution in [0.2, 0.25) is 0 Å². The summed E-state index contributed by atoms with van der Waals surface area (Å²) in [6.07, 6.45) is 0.819. The highest BCUT2D eigenvalue weighted by atomic mass is 16.5. The molecule has 22 heavy (non-hydrogen) atoms. The summed E-state index contributed by atoms with van der Waals surface area (Å²) >= 11 is 0. The van der Waals surface area contributed by atoms with Crippen molar-refractivity contribution in [1.82, 2.24) is 25.5 Å². The van der Waals surface area contributed by atoms with Crippen molar-refractivity contribution in [2.45, 2.75) is 13.2 Å². The third kappa shape index (κ3) is 3.20. The Balaban J connectivity index is 1.75. The number of hydrogen-bond acceptors (Lipinski definition) is 5. The Morgan fingerprint density at radius 3 is 2.82 bits per heavy atom. The molecule has 1 amide bonds. The quantitative estimate of drug-likeness (QED) is 0.697. The SMILES string of the molecule is CN(C=O)Cc1ccc2cc(OCc3nn[nH]n3)ccc2c1. The van der Waals surface area contributed by atoms with Crippen LogP contribution in [0.3, 0.4) is 0 Å². The molecule has 3 rings (SSSR count). The van der Waals surface area contributed by atoms with Gasteiger partial charge in [0.1, 0.15) is 5.75 Å². The first-order valence-electron chi connectivity index (χ1n) is 6.78. The van der Waals surface area contributed by atoms with Crippen LogP contribution in [-0.4, -0.2) is 39.0 Å². The van der Waals surface area contributed by atoms with E-state index in [2.05, 4.69) is 26.7 Å². The number of aromatic nitrogens is 4. The number of tetrazole rings is 1. The number of ether oxygens (including phenoxy) is 1. The van der Waals surface area contributed by atoms with Crippen molar-refractivity contribution in [3.05, 3.63) is 47.8 Å². The van der Waals surface area contributed by atoms with E-state index in [1.807, 2.05) is 30.3 Å².